The number of aliphatic carboxylic acids is 1. The molecule has 1 saturated heterocycles. The van der Waals surface area contributed by atoms with Crippen LogP contribution in [-0.4, -0.2) is 47.7 Å². The predicted octanol–water partition coefficient (Wildman–Crippen LogP) is 7.16. The maximum atomic E-state index is 15.7. The summed E-state index contributed by atoms with van der Waals surface area (Å²) in [6.45, 7) is 2.13. The monoisotopic (exact) mass is 548 g/mol. The zero-order valence-electron chi connectivity index (χ0n) is 21.4. The molecule has 204 valence electrons. The molecule has 2 aromatic carbocycles. The number of rotatable bonds is 11. The van der Waals surface area contributed by atoms with Crippen molar-refractivity contribution in [2.24, 2.45) is 5.41 Å². The van der Waals surface area contributed by atoms with E-state index >= 15 is 4.39 Å². The molecule has 1 atom stereocenters. The molecule has 1 aromatic heterocycles. The lowest BCUT2D eigenvalue weighted by Crippen LogP contribution is -2.41. The smallest absolute Gasteiger partial charge is 0.303 e. The SMILES string of the molecule is COc1ccc2ncc(Cl)c([C@@H](F)CCC3(CC(=O)O)CCN(CCCc4cc(F)cc(F)c4)CC3)c2c1. The predicted molar refractivity (Wildman–Crippen MR) is 141 cm³/mol. The number of alkyl halides is 1. The van der Waals surface area contributed by atoms with Gasteiger partial charge >= 0.3 is 5.97 Å². The summed E-state index contributed by atoms with van der Waals surface area (Å²) in [5.41, 5.74) is 1.08. The number of hydrogen-bond acceptors (Lipinski definition) is 4. The van der Waals surface area contributed by atoms with Gasteiger partial charge in [0.25, 0.3) is 0 Å². The summed E-state index contributed by atoms with van der Waals surface area (Å²) in [7, 11) is 1.54. The molecule has 9 heteroatoms. The van der Waals surface area contributed by atoms with Crippen molar-refractivity contribution in [3.8, 4) is 5.75 Å². The highest BCUT2D eigenvalue weighted by Gasteiger charge is 2.37. The van der Waals surface area contributed by atoms with Crippen LogP contribution in [0.5, 0.6) is 5.75 Å². The first-order valence-electron chi connectivity index (χ1n) is 12.8. The lowest BCUT2D eigenvalue weighted by molar-refractivity contribution is -0.141. The fourth-order valence-electron chi connectivity index (χ4n) is 5.54. The normalized spacial score (nSPS) is 16.4. The molecule has 1 N–H and O–H groups in total. The summed E-state index contributed by atoms with van der Waals surface area (Å²) >= 11 is 6.38. The molecule has 0 spiro atoms. The zero-order chi connectivity index (χ0) is 27.3. The number of aryl methyl sites for hydroxylation is 1. The first-order chi connectivity index (χ1) is 18.2. The Balaban J connectivity index is 1.38. The number of carboxylic acid groups (broad SMARTS) is 1. The Morgan fingerprint density at radius 2 is 1.89 bits per heavy atom. The molecule has 0 amide bonds. The minimum absolute atomic E-state index is 0.0191. The maximum Gasteiger partial charge on any atom is 0.303 e. The van der Waals surface area contributed by atoms with Crippen LogP contribution in [0.2, 0.25) is 5.02 Å². The van der Waals surface area contributed by atoms with Gasteiger partial charge in [0.15, 0.2) is 0 Å². The minimum Gasteiger partial charge on any atom is -0.497 e. The first-order valence-corrected chi connectivity index (χ1v) is 13.2. The van der Waals surface area contributed by atoms with Crippen molar-refractivity contribution < 1.29 is 27.8 Å². The van der Waals surface area contributed by atoms with Crippen LogP contribution in [0.4, 0.5) is 13.2 Å². The van der Waals surface area contributed by atoms with E-state index in [1.54, 1.807) is 18.2 Å². The second-order valence-electron chi connectivity index (χ2n) is 10.2. The highest BCUT2D eigenvalue weighted by Crippen LogP contribution is 2.44. The number of fused-ring (bicyclic) bond motifs is 1. The number of carbonyl (C=O) groups is 1. The van der Waals surface area contributed by atoms with Crippen LogP contribution in [0.25, 0.3) is 10.9 Å². The Labute approximate surface area is 225 Å². The van der Waals surface area contributed by atoms with Crippen LogP contribution in [0.15, 0.2) is 42.6 Å². The molecule has 0 unspecified atom stereocenters. The number of methoxy groups -OCH3 is 1. The van der Waals surface area contributed by atoms with Crippen molar-refractivity contribution in [2.45, 2.75) is 51.1 Å². The summed E-state index contributed by atoms with van der Waals surface area (Å²) in [5, 5.41) is 10.4. The minimum atomic E-state index is -1.38. The molecule has 2 heterocycles. The fourth-order valence-corrected chi connectivity index (χ4v) is 5.81. The van der Waals surface area contributed by atoms with Crippen LogP contribution in [0.1, 0.15) is 55.8 Å². The summed E-state index contributed by atoms with van der Waals surface area (Å²) in [5.74, 6) is -1.48. The number of hydrogen-bond donors (Lipinski definition) is 1. The average Bonchev–Trinajstić information content (AvgIpc) is 2.87. The highest BCUT2D eigenvalue weighted by molar-refractivity contribution is 6.32. The van der Waals surface area contributed by atoms with Gasteiger partial charge in [0, 0.05) is 23.2 Å². The summed E-state index contributed by atoms with van der Waals surface area (Å²) in [6.07, 6.45) is 3.18. The van der Waals surface area contributed by atoms with E-state index in [1.165, 1.54) is 25.4 Å². The van der Waals surface area contributed by atoms with E-state index in [0.717, 1.165) is 19.0 Å². The molecule has 0 aliphatic carbocycles. The Bertz CT molecular complexity index is 1260. The van der Waals surface area contributed by atoms with E-state index < -0.39 is 29.2 Å². The number of halogens is 4. The molecule has 1 aliphatic rings. The fraction of sp³-hybridized carbons (Fsp3) is 0.448. The van der Waals surface area contributed by atoms with Gasteiger partial charge < -0.3 is 14.7 Å². The second-order valence-corrected chi connectivity index (χ2v) is 10.6. The van der Waals surface area contributed by atoms with E-state index in [9.17, 15) is 18.7 Å². The number of nitrogens with zero attached hydrogens (tertiary/aromatic N) is 2. The summed E-state index contributed by atoms with van der Waals surface area (Å²) < 4.78 is 47.9. The third kappa shape index (κ3) is 6.97. The van der Waals surface area contributed by atoms with Gasteiger partial charge in [-0.3, -0.25) is 9.78 Å². The second kappa shape index (κ2) is 12.3. The van der Waals surface area contributed by atoms with E-state index in [1.807, 2.05) is 0 Å². The van der Waals surface area contributed by atoms with Crippen LogP contribution in [0.3, 0.4) is 0 Å². The van der Waals surface area contributed by atoms with Gasteiger partial charge in [-0.25, -0.2) is 13.2 Å². The van der Waals surface area contributed by atoms with Crippen LogP contribution >= 0.6 is 11.6 Å². The first kappa shape index (κ1) is 28.2. The number of aromatic nitrogens is 1. The molecule has 1 fully saturated rings. The van der Waals surface area contributed by atoms with Gasteiger partial charge in [-0.2, -0.15) is 0 Å². The number of likely N-dealkylation sites (tertiary alicyclic amines) is 1. The standard InChI is InChI=1S/C29H32ClF3N2O3/c1-38-22-4-5-26-23(16-22)28(24(30)18-34-26)25(33)6-7-29(17-27(36)37)8-11-35(12-9-29)10-2-3-19-13-20(31)15-21(32)14-19/h4-5,13-16,18,25H,2-3,6-12,17H2,1H3,(H,36,37)/t25-/m0/s1. The Kier molecular flexibility index (Phi) is 9.15. The Hall–Kier alpha value is -2.84. The lowest BCUT2D eigenvalue weighted by Gasteiger charge is -2.41. The summed E-state index contributed by atoms with van der Waals surface area (Å²) in [6, 6.07) is 8.79. The van der Waals surface area contributed by atoms with Crippen molar-refractivity contribution in [1.82, 2.24) is 9.88 Å². The van der Waals surface area contributed by atoms with E-state index in [0.29, 0.717) is 66.6 Å². The van der Waals surface area contributed by atoms with Crippen LogP contribution in [-0.2, 0) is 11.2 Å². The van der Waals surface area contributed by atoms with Crippen LogP contribution in [0, 0.1) is 17.0 Å². The molecule has 0 saturated carbocycles. The number of piperidine rings is 1. The molecule has 3 aromatic rings. The summed E-state index contributed by atoms with van der Waals surface area (Å²) in [4.78, 5) is 18.3. The van der Waals surface area contributed by atoms with Crippen molar-refractivity contribution in [3.63, 3.8) is 0 Å². The third-order valence-electron chi connectivity index (χ3n) is 7.61. The topological polar surface area (TPSA) is 62.7 Å². The van der Waals surface area contributed by atoms with Gasteiger partial charge in [0.05, 0.1) is 24.1 Å². The van der Waals surface area contributed by atoms with Gasteiger partial charge in [-0.05, 0) is 99.5 Å². The number of ether oxygens (including phenoxy) is 1. The van der Waals surface area contributed by atoms with Gasteiger partial charge in [-0.15, -0.1) is 0 Å². The van der Waals surface area contributed by atoms with E-state index in [4.69, 9.17) is 16.3 Å². The van der Waals surface area contributed by atoms with Crippen molar-refractivity contribution in [2.75, 3.05) is 26.7 Å². The number of pyridine rings is 1. The molecule has 5 nitrogen and oxygen atoms in total. The zero-order valence-corrected chi connectivity index (χ0v) is 22.1. The molecule has 4 rings (SSSR count). The molecular formula is C29H32ClF3N2O3. The lowest BCUT2D eigenvalue weighted by atomic mass is 9.71. The van der Waals surface area contributed by atoms with Crippen molar-refractivity contribution in [3.05, 3.63) is 70.4 Å². The molecule has 38 heavy (non-hydrogen) atoms. The maximum absolute atomic E-state index is 15.7. The highest BCUT2D eigenvalue weighted by atomic mass is 35.5. The number of benzene rings is 2. The molecule has 0 bridgehead atoms. The van der Waals surface area contributed by atoms with Gasteiger partial charge in [0.1, 0.15) is 23.6 Å². The molecule has 0 radical (unpaired) electrons. The Morgan fingerprint density at radius 1 is 1.18 bits per heavy atom. The quantitative estimate of drug-likeness (QED) is 0.275. The average molecular weight is 549 g/mol. The molecular weight excluding hydrogens is 517 g/mol. The molecule has 1 aliphatic heterocycles. The van der Waals surface area contributed by atoms with E-state index in [2.05, 4.69) is 9.88 Å². The third-order valence-corrected chi connectivity index (χ3v) is 7.92. The van der Waals surface area contributed by atoms with Gasteiger partial charge in [0.2, 0.25) is 0 Å². The van der Waals surface area contributed by atoms with Crippen molar-refractivity contribution in [1.29, 1.82) is 0 Å². The Morgan fingerprint density at radius 3 is 2.55 bits per heavy atom. The van der Waals surface area contributed by atoms with Crippen LogP contribution < -0.4 is 4.74 Å². The van der Waals surface area contributed by atoms with Gasteiger partial charge in [-0.1, -0.05) is 11.6 Å². The number of carboxylic acids is 1. The van der Waals surface area contributed by atoms with Crippen molar-refractivity contribution >= 4 is 28.5 Å². The van der Waals surface area contributed by atoms with E-state index in [-0.39, 0.29) is 17.9 Å². The largest absolute Gasteiger partial charge is 0.497 e.